The largest absolute Gasteiger partial charge is 0.497 e. The number of rotatable bonds is 7. The Hall–Kier alpha value is -4.73. The zero-order valence-electron chi connectivity index (χ0n) is 25.9. The molecule has 4 aliphatic heterocycles. The average Bonchev–Trinajstić information content (AvgIpc) is 3.35. The number of amides is 3. The number of likely N-dealkylation sites (tertiary alicyclic amines) is 1. The molecular weight excluding hydrogens is 582 g/mol. The first kappa shape index (κ1) is 30.0. The summed E-state index contributed by atoms with van der Waals surface area (Å²) in [5.41, 5.74) is -0.303. The molecule has 4 aliphatic rings. The van der Waals surface area contributed by atoms with Crippen LogP contribution in [0, 0.1) is 11.8 Å². The Bertz CT molecular complexity index is 1690. The van der Waals surface area contributed by atoms with Gasteiger partial charge in [-0.25, -0.2) is 0 Å². The summed E-state index contributed by atoms with van der Waals surface area (Å²) in [5.74, 6) is -2.18. The summed E-state index contributed by atoms with van der Waals surface area (Å²) < 4.78 is 12.3. The molecule has 3 aromatic carbocycles. The molecule has 1 spiro atoms. The van der Waals surface area contributed by atoms with Crippen molar-refractivity contribution < 1.29 is 29.0 Å². The molecule has 3 amide bonds. The predicted octanol–water partition coefficient (Wildman–Crippen LogP) is 3.90. The molecule has 0 aliphatic carbocycles. The van der Waals surface area contributed by atoms with E-state index in [-0.39, 0.29) is 24.3 Å². The van der Waals surface area contributed by atoms with Gasteiger partial charge in [-0.05, 0) is 42.3 Å². The van der Waals surface area contributed by atoms with Crippen LogP contribution in [0.2, 0.25) is 0 Å². The maximum absolute atomic E-state index is 14.9. The molecule has 0 bridgehead atoms. The van der Waals surface area contributed by atoms with Crippen molar-refractivity contribution in [2.45, 2.75) is 36.8 Å². The number of hydrogen-bond donors (Lipinski definition) is 1. The van der Waals surface area contributed by atoms with Crippen LogP contribution < -0.4 is 9.64 Å². The van der Waals surface area contributed by atoms with Crippen LogP contribution in [0.4, 0.5) is 5.69 Å². The molecule has 2 saturated heterocycles. The predicted molar refractivity (Wildman–Crippen MR) is 172 cm³/mol. The van der Waals surface area contributed by atoms with E-state index in [1.165, 1.54) is 4.90 Å². The number of fused-ring (bicyclic) bond motifs is 2. The Kier molecular flexibility index (Phi) is 7.53. The van der Waals surface area contributed by atoms with E-state index in [9.17, 15) is 19.5 Å². The fourth-order valence-electron chi connectivity index (χ4n) is 7.82. The number of benzene rings is 3. The van der Waals surface area contributed by atoms with Gasteiger partial charge < -0.3 is 29.3 Å². The van der Waals surface area contributed by atoms with Gasteiger partial charge in [-0.3, -0.25) is 14.4 Å². The maximum atomic E-state index is 14.9. The molecule has 2 fully saturated rings. The number of aliphatic hydroxyl groups is 1. The van der Waals surface area contributed by atoms with E-state index >= 15 is 0 Å². The van der Waals surface area contributed by atoms with Crippen molar-refractivity contribution >= 4 is 23.4 Å². The van der Waals surface area contributed by atoms with E-state index in [0.29, 0.717) is 30.1 Å². The van der Waals surface area contributed by atoms with Crippen molar-refractivity contribution in [3.05, 3.63) is 120 Å². The van der Waals surface area contributed by atoms with Crippen LogP contribution in [0.5, 0.6) is 5.75 Å². The maximum Gasteiger partial charge on any atom is 0.253 e. The Labute approximate surface area is 268 Å². The fraction of sp³-hybridized carbons (Fsp3) is 0.324. The SMILES string of the molecule is COc1ccc(N2CC=C[C@]34O[C@]5(C)C=CCN(Cc6ccccc6)C(=O)[C@@H]5[C@H]3C(=O)N([C@H](CO)c3ccccc3)C4C2=O)cc1. The second-order valence-corrected chi connectivity index (χ2v) is 12.5. The van der Waals surface area contributed by atoms with Crippen LogP contribution in [0.1, 0.15) is 24.1 Å². The van der Waals surface area contributed by atoms with Crippen LogP contribution in [0.3, 0.4) is 0 Å². The number of methoxy groups -OCH3 is 1. The zero-order chi connectivity index (χ0) is 32.1. The van der Waals surface area contributed by atoms with E-state index in [1.54, 1.807) is 41.2 Å². The van der Waals surface area contributed by atoms with Crippen molar-refractivity contribution in [2.75, 3.05) is 31.7 Å². The van der Waals surface area contributed by atoms with Gasteiger partial charge in [0.25, 0.3) is 5.91 Å². The number of anilines is 1. The molecule has 4 heterocycles. The van der Waals surface area contributed by atoms with Gasteiger partial charge in [0.15, 0.2) is 0 Å². The molecule has 7 rings (SSSR count). The van der Waals surface area contributed by atoms with Gasteiger partial charge in [-0.1, -0.05) is 85.0 Å². The van der Waals surface area contributed by atoms with Gasteiger partial charge in [0.2, 0.25) is 11.8 Å². The summed E-state index contributed by atoms with van der Waals surface area (Å²) in [4.78, 5) is 49.3. The molecule has 46 heavy (non-hydrogen) atoms. The third-order valence-electron chi connectivity index (χ3n) is 9.87. The molecule has 9 nitrogen and oxygen atoms in total. The highest BCUT2D eigenvalue weighted by atomic mass is 16.5. The lowest BCUT2D eigenvalue weighted by atomic mass is 9.74. The minimum absolute atomic E-state index is 0.204. The number of hydrogen-bond acceptors (Lipinski definition) is 6. The average molecular weight is 620 g/mol. The van der Waals surface area contributed by atoms with Crippen molar-refractivity contribution in [2.24, 2.45) is 11.8 Å². The molecular formula is C37H37N3O6. The summed E-state index contributed by atoms with van der Waals surface area (Å²) in [7, 11) is 1.58. The van der Waals surface area contributed by atoms with E-state index in [0.717, 1.165) is 5.56 Å². The third-order valence-corrected chi connectivity index (χ3v) is 9.87. The number of carbonyl (C=O) groups excluding carboxylic acids is 3. The Morgan fingerprint density at radius 2 is 1.52 bits per heavy atom. The standard InChI is InChI=1S/C37H37N3O6/c1-36-19-9-21-38(23-25-11-5-3-6-12-25)33(42)30(36)31-34(43)40(29(24-41)26-13-7-4-8-14-26)32-35(44)39(22-10-20-37(31,32)46-36)27-15-17-28(45-2)18-16-27/h3-20,29-32,41H,21-24H2,1-2H3/t29-,30+,31+,32?,36-,37+/m1/s1. The molecule has 236 valence electrons. The number of nitrogens with zero attached hydrogens (tertiary/aromatic N) is 3. The lowest BCUT2D eigenvalue weighted by Crippen LogP contribution is -2.57. The minimum atomic E-state index is -1.45. The van der Waals surface area contributed by atoms with Gasteiger partial charge in [0, 0.05) is 25.3 Å². The third kappa shape index (κ3) is 4.65. The van der Waals surface area contributed by atoms with Gasteiger partial charge in [0.1, 0.15) is 17.4 Å². The van der Waals surface area contributed by atoms with Crippen LogP contribution >= 0.6 is 0 Å². The first-order valence-electron chi connectivity index (χ1n) is 15.6. The van der Waals surface area contributed by atoms with E-state index in [4.69, 9.17) is 9.47 Å². The Morgan fingerprint density at radius 1 is 0.848 bits per heavy atom. The molecule has 0 radical (unpaired) electrons. The molecule has 9 heteroatoms. The van der Waals surface area contributed by atoms with E-state index in [1.807, 2.05) is 91.9 Å². The van der Waals surface area contributed by atoms with Crippen LogP contribution in [0.15, 0.2) is 109 Å². The zero-order valence-corrected chi connectivity index (χ0v) is 25.9. The topological polar surface area (TPSA) is 99.6 Å². The van der Waals surface area contributed by atoms with E-state index < -0.39 is 41.7 Å². The normalized spacial score (nSPS) is 29.2. The molecule has 1 unspecified atom stereocenters. The van der Waals surface area contributed by atoms with Crippen molar-refractivity contribution in [1.29, 1.82) is 0 Å². The van der Waals surface area contributed by atoms with Crippen LogP contribution in [-0.2, 0) is 25.7 Å². The second kappa shape index (κ2) is 11.6. The lowest BCUT2D eigenvalue weighted by Gasteiger charge is -2.40. The highest BCUT2D eigenvalue weighted by Gasteiger charge is 2.75. The quantitative estimate of drug-likeness (QED) is 0.403. The molecule has 1 N–H and O–H groups in total. The summed E-state index contributed by atoms with van der Waals surface area (Å²) in [6, 6.07) is 24.1. The first-order chi connectivity index (χ1) is 22.3. The molecule has 0 aromatic heterocycles. The minimum Gasteiger partial charge on any atom is -0.497 e. The lowest BCUT2D eigenvalue weighted by molar-refractivity contribution is -0.151. The molecule has 3 aromatic rings. The Balaban J connectivity index is 1.35. The highest BCUT2D eigenvalue weighted by molar-refractivity contribution is 6.06. The fourth-order valence-corrected chi connectivity index (χ4v) is 7.82. The number of ether oxygens (including phenoxy) is 2. The van der Waals surface area contributed by atoms with E-state index in [2.05, 4.69) is 0 Å². The molecule has 0 saturated carbocycles. The first-order valence-corrected chi connectivity index (χ1v) is 15.6. The van der Waals surface area contributed by atoms with Crippen molar-refractivity contribution in [3.8, 4) is 5.75 Å². The number of carbonyl (C=O) groups is 3. The van der Waals surface area contributed by atoms with Gasteiger partial charge in [-0.15, -0.1) is 0 Å². The second-order valence-electron chi connectivity index (χ2n) is 12.5. The number of aliphatic hydroxyl groups excluding tert-OH is 1. The monoisotopic (exact) mass is 619 g/mol. The summed E-state index contributed by atoms with van der Waals surface area (Å²) in [6.45, 7) is 2.41. The molecule has 6 atom stereocenters. The van der Waals surface area contributed by atoms with Gasteiger partial charge in [0.05, 0.1) is 37.2 Å². The summed E-state index contributed by atoms with van der Waals surface area (Å²) in [5, 5.41) is 10.8. The van der Waals surface area contributed by atoms with Gasteiger partial charge >= 0.3 is 0 Å². The van der Waals surface area contributed by atoms with Crippen LogP contribution in [-0.4, -0.2) is 76.7 Å². The highest BCUT2D eigenvalue weighted by Crippen LogP contribution is 2.59. The smallest absolute Gasteiger partial charge is 0.253 e. The van der Waals surface area contributed by atoms with Crippen molar-refractivity contribution in [3.63, 3.8) is 0 Å². The van der Waals surface area contributed by atoms with Crippen LogP contribution in [0.25, 0.3) is 0 Å². The van der Waals surface area contributed by atoms with Gasteiger partial charge in [-0.2, -0.15) is 0 Å². The van der Waals surface area contributed by atoms with Crippen molar-refractivity contribution in [1.82, 2.24) is 9.80 Å². The Morgan fingerprint density at radius 3 is 2.20 bits per heavy atom. The summed E-state index contributed by atoms with van der Waals surface area (Å²) >= 11 is 0. The summed E-state index contributed by atoms with van der Waals surface area (Å²) in [6.07, 6.45) is 7.48.